The summed E-state index contributed by atoms with van der Waals surface area (Å²) in [4.78, 5) is 24.3. The molecular weight excluding hydrogens is 456 g/mol. The van der Waals surface area contributed by atoms with Crippen molar-refractivity contribution in [1.82, 2.24) is 0 Å². The molecule has 0 saturated heterocycles. The van der Waals surface area contributed by atoms with Gasteiger partial charge in [-0.1, -0.05) is 30.3 Å². The summed E-state index contributed by atoms with van der Waals surface area (Å²) in [6.45, 7) is 0.103. The van der Waals surface area contributed by atoms with Crippen LogP contribution >= 0.6 is 0 Å². The van der Waals surface area contributed by atoms with Gasteiger partial charge >= 0.3 is 5.97 Å². The second kappa shape index (κ2) is 9.96. The highest BCUT2D eigenvalue weighted by Crippen LogP contribution is 2.32. The first-order valence-electron chi connectivity index (χ1n) is 10.7. The molecule has 8 nitrogen and oxygen atoms in total. The highest BCUT2D eigenvalue weighted by atomic mass is 32.2. The molecule has 1 N–H and O–H groups in total. The van der Waals surface area contributed by atoms with Crippen LogP contribution in [-0.4, -0.2) is 40.6 Å². The molecule has 0 aromatic heterocycles. The van der Waals surface area contributed by atoms with Crippen molar-refractivity contribution < 1.29 is 27.5 Å². The van der Waals surface area contributed by atoms with Gasteiger partial charge in [0, 0.05) is 6.54 Å². The number of ether oxygens (including phenoxy) is 2. The molecule has 0 radical (unpaired) electrons. The van der Waals surface area contributed by atoms with Gasteiger partial charge in [0.15, 0.2) is 6.61 Å². The Morgan fingerprint density at radius 3 is 2.44 bits per heavy atom. The molecule has 3 aromatic rings. The Morgan fingerprint density at radius 2 is 1.68 bits per heavy atom. The first-order valence-corrected chi connectivity index (χ1v) is 12.1. The molecule has 1 heterocycles. The lowest BCUT2D eigenvalue weighted by Gasteiger charge is -2.30. The number of rotatable bonds is 7. The van der Waals surface area contributed by atoms with Crippen LogP contribution in [0.1, 0.15) is 22.3 Å². The Balaban J connectivity index is 1.41. The van der Waals surface area contributed by atoms with Crippen molar-refractivity contribution in [1.29, 1.82) is 0 Å². The second-order valence-corrected chi connectivity index (χ2v) is 9.52. The van der Waals surface area contributed by atoms with Gasteiger partial charge in [-0.25, -0.2) is 13.2 Å². The number of amides is 1. The van der Waals surface area contributed by atoms with E-state index < -0.39 is 21.9 Å². The van der Waals surface area contributed by atoms with E-state index in [0.717, 1.165) is 18.4 Å². The smallest absolute Gasteiger partial charge is 0.339 e. The second-order valence-electron chi connectivity index (χ2n) is 7.65. The van der Waals surface area contributed by atoms with E-state index in [-0.39, 0.29) is 17.1 Å². The number of esters is 1. The van der Waals surface area contributed by atoms with Crippen LogP contribution in [0.3, 0.4) is 0 Å². The molecule has 9 heteroatoms. The van der Waals surface area contributed by atoms with Crippen LogP contribution in [-0.2, 0) is 26.0 Å². The average Bonchev–Trinajstić information content (AvgIpc) is 2.87. The highest BCUT2D eigenvalue weighted by Gasteiger charge is 2.28. The number of hydrogen-bond acceptors (Lipinski definition) is 6. The van der Waals surface area contributed by atoms with Crippen molar-refractivity contribution in [3.8, 4) is 5.75 Å². The van der Waals surface area contributed by atoms with E-state index in [1.54, 1.807) is 24.3 Å². The lowest BCUT2D eigenvalue weighted by atomic mass is 10.0. The minimum Gasteiger partial charge on any atom is -0.484 e. The van der Waals surface area contributed by atoms with E-state index in [1.165, 1.54) is 35.7 Å². The average molecular weight is 481 g/mol. The number of carbonyl (C=O) groups excluding carboxylic acids is 2. The summed E-state index contributed by atoms with van der Waals surface area (Å²) in [5.41, 5.74) is 2.26. The third kappa shape index (κ3) is 4.89. The van der Waals surface area contributed by atoms with E-state index in [1.807, 2.05) is 24.3 Å². The molecule has 0 saturated carbocycles. The number of anilines is 2. The molecule has 1 amide bonds. The van der Waals surface area contributed by atoms with E-state index in [9.17, 15) is 18.0 Å². The van der Waals surface area contributed by atoms with Gasteiger partial charge in [-0.3, -0.25) is 9.10 Å². The van der Waals surface area contributed by atoms with Crippen molar-refractivity contribution in [3.05, 3.63) is 83.9 Å². The third-order valence-electron chi connectivity index (χ3n) is 5.46. The maximum absolute atomic E-state index is 13.2. The van der Waals surface area contributed by atoms with E-state index in [4.69, 9.17) is 9.47 Å². The number of aryl methyl sites for hydroxylation is 1. The van der Waals surface area contributed by atoms with Gasteiger partial charge in [0.05, 0.1) is 28.9 Å². The van der Waals surface area contributed by atoms with Crippen LogP contribution in [0, 0.1) is 0 Å². The fraction of sp³-hybridized carbons (Fsp3) is 0.200. The lowest BCUT2D eigenvalue weighted by Crippen LogP contribution is -2.35. The van der Waals surface area contributed by atoms with Gasteiger partial charge < -0.3 is 14.8 Å². The topological polar surface area (TPSA) is 102 Å². The molecule has 0 spiro atoms. The molecule has 0 aliphatic carbocycles. The van der Waals surface area contributed by atoms with Crippen LogP contribution in [0.25, 0.3) is 0 Å². The van der Waals surface area contributed by atoms with Gasteiger partial charge in [0.1, 0.15) is 5.75 Å². The number of nitrogens with one attached hydrogen (secondary N) is 1. The number of methoxy groups -OCH3 is 1. The monoisotopic (exact) mass is 480 g/mol. The quantitative estimate of drug-likeness (QED) is 0.518. The van der Waals surface area contributed by atoms with Gasteiger partial charge in [0.25, 0.3) is 15.9 Å². The minimum absolute atomic E-state index is 0.146. The van der Waals surface area contributed by atoms with E-state index in [0.29, 0.717) is 23.7 Å². The number of para-hydroxylation sites is 2. The summed E-state index contributed by atoms with van der Waals surface area (Å²) in [6.07, 6.45) is 1.60. The zero-order valence-corrected chi connectivity index (χ0v) is 19.4. The normalized spacial score (nSPS) is 13.0. The molecule has 34 heavy (non-hydrogen) atoms. The molecule has 0 unspecified atom stereocenters. The number of sulfonamides is 1. The van der Waals surface area contributed by atoms with Gasteiger partial charge in [-0.15, -0.1) is 0 Å². The minimum atomic E-state index is -3.72. The number of benzene rings is 3. The number of fused-ring (bicyclic) bond motifs is 1. The Bertz CT molecular complexity index is 1300. The SMILES string of the molecule is COC(=O)c1ccccc1NC(=O)COc1ccc(S(=O)(=O)N2CCCc3ccccc32)cc1. The predicted molar refractivity (Wildman–Crippen MR) is 128 cm³/mol. The molecule has 176 valence electrons. The van der Waals surface area contributed by atoms with Crippen molar-refractivity contribution in [2.24, 2.45) is 0 Å². The Labute approximate surface area is 198 Å². The van der Waals surface area contributed by atoms with Crippen molar-refractivity contribution in [3.63, 3.8) is 0 Å². The molecule has 0 bridgehead atoms. The Morgan fingerprint density at radius 1 is 0.971 bits per heavy atom. The first kappa shape index (κ1) is 23.3. The molecule has 1 aliphatic heterocycles. The zero-order chi connectivity index (χ0) is 24.1. The molecule has 3 aromatic carbocycles. The number of carbonyl (C=O) groups is 2. The maximum atomic E-state index is 13.2. The van der Waals surface area contributed by atoms with Crippen LogP contribution < -0.4 is 14.4 Å². The molecule has 0 fully saturated rings. The predicted octanol–water partition coefficient (Wildman–Crippen LogP) is 3.63. The van der Waals surface area contributed by atoms with Crippen LogP contribution in [0.2, 0.25) is 0 Å². The molecule has 1 aliphatic rings. The fourth-order valence-corrected chi connectivity index (χ4v) is 5.34. The third-order valence-corrected chi connectivity index (χ3v) is 7.28. The number of nitrogens with zero attached hydrogens (tertiary/aromatic N) is 1. The van der Waals surface area contributed by atoms with Crippen molar-refractivity contribution in [2.75, 3.05) is 29.9 Å². The van der Waals surface area contributed by atoms with E-state index >= 15 is 0 Å². The Kier molecular flexibility index (Phi) is 6.83. The summed E-state index contributed by atoms with van der Waals surface area (Å²) in [6, 6.07) is 19.9. The van der Waals surface area contributed by atoms with Gasteiger partial charge in [-0.05, 0) is 60.9 Å². The van der Waals surface area contributed by atoms with Gasteiger partial charge in [0.2, 0.25) is 0 Å². The molecular formula is C25H24N2O6S. The standard InChI is InChI=1S/C25H24N2O6S/c1-32-25(29)21-9-3-4-10-22(21)26-24(28)17-33-19-12-14-20(15-13-19)34(30,31)27-16-6-8-18-7-2-5-11-23(18)27/h2-5,7,9-15H,6,8,16-17H2,1H3,(H,26,28). The fourth-order valence-electron chi connectivity index (χ4n) is 3.80. The van der Waals surface area contributed by atoms with Crippen molar-refractivity contribution >= 4 is 33.3 Å². The summed E-state index contributed by atoms with van der Waals surface area (Å²) < 4.78 is 38.1. The highest BCUT2D eigenvalue weighted by molar-refractivity contribution is 7.92. The largest absolute Gasteiger partial charge is 0.484 e. The number of hydrogen-bond donors (Lipinski definition) is 1. The summed E-state index contributed by atoms with van der Waals surface area (Å²) >= 11 is 0. The summed E-state index contributed by atoms with van der Waals surface area (Å²) in [7, 11) is -2.46. The first-order chi connectivity index (χ1) is 16.4. The van der Waals surface area contributed by atoms with Crippen molar-refractivity contribution in [2.45, 2.75) is 17.7 Å². The van der Waals surface area contributed by atoms with Crippen LogP contribution in [0.15, 0.2) is 77.7 Å². The summed E-state index contributed by atoms with van der Waals surface area (Å²) in [5, 5.41) is 2.62. The molecule has 4 rings (SSSR count). The van der Waals surface area contributed by atoms with E-state index in [2.05, 4.69) is 5.32 Å². The van der Waals surface area contributed by atoms with Crippen LogP contribution in [0.5, 0.6) is 5.75 Å². The Hall–Kier alpha value is -3.85. The maximum Gasteiger partial charge on any atom is 0.339 e. The van der Waals surface area contributed by atoms with Gasteiger partial charge in [-0.2, -0.15) is 0 Å². The molecule has 0 atom stereocenters. The lowest BCUT2D eigenvalue weighted by molar-refractivity contribution is -0.118. The van der Waals surface area contributed by atoms with Crippen LogP contribution in [0.4, 0.5) is 11.4 Å². The summed E-state index contributed by atoms with van der Waals surface area (Å²) in [5.74, 6) is -0.697. The zero-order valence-electron chi connectivity index (χ0n) is 18.6.